The lowest BCUT2D eigenvalue weighted by atomic mass is 10.1. The van der Waals surface area contributed by atoms with Crippen LogP contribution in [0.4, 0.5) is 0 Å². The summed E-state index contributed by atoms with van der Waals surface area (Å²) in [6, 6.07) is 8.74. The van der Waals surface area contributed by atoms with Gasteiger partial charge >= 0.3 is 0 Å². The highest BCUT2D eigenvalue weighted by Gasteiger charge is 2.11. The van der Waals surface area contributed by atoms with Crippen LogP contribution in [0.15, 0.2) is 24.3 Å². The zero-order valence-electron chi connectivity index (χ0n) is 14.9. The van der Waals surface area contributed by atoms with Crippen LogP contribution in [0.25, 0.3) is 0 Å². The summed E-state index contributed by atoms with van der Waals surface area (Å²) in [6.07, 6.45) is 9.42. The highest BCUT2D eigenvalue weighted by Crippen LogP contribution is 2.17. The molecule has 4 heteroatoms. The summed E-state index contributed by atoms with van der Waals surface area (Å²) in [5.41, 5.74) is 1.41. The Hall–Kier alpha value is -0.770. The number of benzene rings is 1. The predicted molar refractivity (Wildman–Crippen MR) is 103 cm³/mol. The number of likely N-dealkylation sites (tertiary alicyclic amines) is 2. The van der Waals surface area contributed by atoms with Crippen molar-refractivity contribution >= 4 is 12.4 Å². The quantitative estimate of drug-likeness (QED) is 0.678. The summed E-state index contributed by atoms with van der Waals surface area (Å²) in [6.45, 7) is 8.20. The minimum absolute atomic E-state index is 0. The molecule has 0 unspecified atom stereocenters. The molecule has 2 saturated heterocycles. The van der Waals surface area contributed by atoms with Crippen LogP contribution >= 0.6 is 12.4 Å². The fourth-order valence-electron chi connectivity index (χ4n) is 3.73. The standard InChI is InChI=1S/C20H32N2O.ClH/c1-3-12-21(13-4-1)16-7-17-23-20-10-8-19(9-11-20)18-22-14-5-2-6-15-22;/h8-11H,1-7,12-18H2;1H. The van der Waals surface area contributed by atoms with E-state index in [9.17, 15) is 0 Å². The summed E-state index contributed by atoms with van der Waals surface area (Å²) in [5, 5.41) is 0. The highest BCUT2D eigenvalue weighted by atomic mass is 35.5. The summed E-state index contributed by atoms with van der Waals surface area (Å²) in [4.78, 5) is 5.15. The molecule has 2 fully saturated rings. The predicted octanol–water partition coefficient (Wildman–Crippen LogP) is 4.35. The molecule has 0 atom stereocenters. The van der Waals surface area contributed by atoms with Gasteiger partial charge in [0.1, 0.15) is 5.75 Å². The third kappa shape index (κ3) is 6.62. The SMILES string of the molecule is Cl.c1cc(OCCCN2CCCCC2)ccc1CN1CCCCC1. The van der Waals surface area contributed by atoms with Gasteiger partial charge in [0.05, 0.1) is 6.61 Å². The Balaban J connectivity index is 0.00000208. The molecule has 0 amide bonds. The Bertz CT molecular complexity index is 439. The molecule has 0 bridgehead atoms. The van der Waals surface area contributed by atoms with E-state index in [1.807, 2.05) is 0 Å². The summed E-state index contributed by atoms with van der Waals surface area (Å²) < 4.78 is 5.90. The van der Waals surface area contributed by atoms with E-state index in [0.717, 1.165) is 25.3 Å². The van der Waals surface area contributed by atoms with Crippen LogP contribution in [-0.4, -0.2) is 49.1 Å². The maximum atomic E-state index is 5.90. The monoisotopic (exact) mass is 352 g/mol. The van der Waals surface area contributed by atoms with Gasteiger partial charge < -0.3 is 9.64 Å². The van der Waals surface area contributed by atoms with Crippen molar-refractivity contribution in [2.24, 2.45) is 0 Å². The largest absolute Gasteiger partial charge is 0.494 e. The van der Waals surface area contributed by atoms with E-state index in [1.165, 1.54) is 76.8 Å². The van der Waals surface area contributed by atoms with Crippen LogP contribution in [0.3, 0.4) is 0 Å². The fourth-order valence-corrected chi connectivity index (χ4v) is 3.73. The van der Waals surface area contributed by atoms with Crippen LogP contribution in [-0.2, 0) is 6.54 Å². The van der Waals surface area contributed by atoms with E-state index in [2.05, 4.69) is 34.1 Å². The van der Waals surface area contributed by atoms with E-state index in [1.54, 1.807) is 0 Å². The summed E-state index contributed by atoms with van der Waals surface area (Å²) in [5.74, 6) is 1.02. The van der Waals surface area contributed by atoms with Crippen molar-refractivity contribution in [1.82, 2.24) is 9.80 Å². The van der Waals surface area contributed by atoms with Crippen LogP contribution in [0.1, 0.15) is 50.5 Å². The molecule has 0 aliphatic carbocycles. The van der Waals surface area contributed by atoms with Crippen LogP contribution in [0.5, 0.6) is 5.75 Å². The van der Waals surface area contributed by atoms with Crippen molar-refractivity contribution < 1.29 is 4.74 Å². The molecule has 24 heavy (non-hydrogen) atoms. The van der Waals surface area contributed by atoms with Crippen molar-refractivity contribution in [1.29, 1.82) is 0 Å². The van der Waals surface area contributed by atoms with Gasteiger partial charge in [0.25, 0.3) is 0 Å². The maximum absolute atomic E-state index is 5.90. The Labute approximate surface area is 153 Å². The molecule has 0 spiro atoms. The average Bonchev–Trinajstić information content (AvgIpc) is 2.62. The number of nitrogens with zero attached hydrogens (tertiary/aromatic N) is 2. The number of halogens is 1. The molecule has 2 heterocycles. The lowest BCUT2D eigenvalue weighted by molar-refractivity contribution is 0.205. The number of ether oxygens (including phenoxy) is 1. The van der Waals surface area contributed by atoms with Gasteiger partial charge in [0, 0.05) is 13.1 Å². The van der Waals surface area contributed by atoms with Gasteiger partial charge in [-0.3, -0.25) is 4.90 Å². The average molecular weight is 353 g/mol. The van der Waals surface area contributed by atoms with Crippen LogP contribution < -0.4 is 4.74 Å². The normalized spacial score (nSPS) is 19.7. The van der Waals surface area contributed by atoms with Crippen LogP contribution in [0.2, 0.25) is 0 Å². The second-order valence-electron chi connectivity index (χ2n) is 7.09. The second-order valence-corrected chi connectivity index (χ2v) is 7.09. The van der Waals surface area contributed by atoms with Gasteiger partial charge in [-0.25, -0.2) is 0 Å². The number of hydrogen-bond donors (Lipinski definition) is 0. The van der Waals surface area contributed by atoms with E-state index in [0.29, 0.717) is 0 Å². The fraction of sp³-hybridized carbons (Fsp3) is 0.700. The minimum Gasteiger partial charge on any atom is -0.494 e. The zero-order chi connectivity index (χ0) is 15.7. The molecule has 0 N–H and O–H groups in total. The van der Waals surface area contributed by atoms with Crippen molar-refractivity contribution in [3.8, 4) is 5.75 Å². The summed E-state index contributed by atoms with van der Waals surface area (Å²) >= 11 is 0. The minimum atomic E-state index is 0. The molecule has 2 aliphatic rings. The molecule has 136 valence electrons. The topological polar surface area (TPSA) is 15.7 Å². The van der Waals surface area contributed by atoms with E-state index in [-0.39, 0.29) is 12.4 Å². The van der Waals surface area contributed by atoms with Crippen molar-refractivity contribution in [3.63, 3.8) is 0 Å². The van der Waals surface area contributed by atoms with Crippen LogP contribution in [0, 0.1) is 0 Å². The molecule has 3 rings (SSSR count). The van der Waals surface area contributed by atoms with Gasteiger partial charge in [-0.05, 0) is 76.0 Å². The van der Waals surface area contributed by atoms with Crippen molar-refractivity contribution in [2.45, 2.75) is 51.5 Å². The third-order valence-electron chi connectivity index (χ3n) is 5.11. The Morgan fingerprint density at radius 1 is 0.750 bits per heavy atom. The first-order valence-corrected chi connectivity index (χ1v) is 9.57. The van der Waals surface area contributed by atoms with E-state index >= 15 is 0 Å². The van der Waals surface area contributed by atoms with Gasteiger partial charge in [-0.2, -0.15) is 0 Å². The van der Waals surface area contributed by atoms with Gasteiger partial charge in [0.15, 0.2) is 0 Å². The number of piperidine rings is 2. The molecule has 0 radical (unpaired) electrons. The lowest BCUT2D eigenvalue weighted by Gasteiger charge is -2.26. The molecular weight excluding hydrogens is 320 g/mol. The number of hydrogen-bond acceptors (Lipinski definition) is 3. The first-order valence-electron chi connectivity index (χ1n) is 9.57. The first-order chi connectivity index (χ1) is 11.4. The van der Waals surface area contributed by atoms with Crippen molar-refractivity contribution in [3.05, 3.63) is 29.8 Å². The molecule has 3 nitrogen and oxygen atoms in total. The van der Waals surface area contributed by atoms with Gasteiger partial charge in [0.2, 0.25) is 0 Å². The second kappa shape index (κ2) is 11.0. The van der Waals surface area contributed by atoms with Gasteiger partial charge in [-0.1, -0.05) is 25.0 Å². The Kier molecular flexibility index (Phi) is 8.93. The molecular formula is C20H33ClN2O. The third-order valence-corrected chi connectivity index (χ3v) is 5.11. The molecule has 1 aromatic rings. The van der Waals surface area contributed by atoms with E-state index in [4.69, 9.17) is 4.74 Å². The van der Waals surface area contributed by atoms with Crippen molar-refractivity contribution in [2.75, 3.05) is 39.3 Å². The molecule has 0 saturated carbocycles. The summed E-state index contributed by atoms with van der Waals surface area (Å²) in [7, 11) is 0. The Morgan fingerprint density at radius 3 is 1.96 bits per heavy atom. The number of rotatable bonds is 7. The zero-order valence-corrected chi connectivity index (χ0v) is 15.7. The Morgan fingerprint density at radius 2 is 1.33 bits per heavy atom. The molecule has 2 aliphatic heterocycles. The lowest BCUT2D eigenvalue weighted by Crippen LogP contribution is -2.31. The maximum Gasteiger partial charge on any atom is 0.119 e. The smallest absolute Gasteiger partial charge is 0.119 e. The van der Waals surface area contributed by atoms with Gasteiger partial charge in [-0.15, -0.1) is 12.4 Å². The molecule has 1 aromatic carbocycles. The molecule has 0 aromatic heterocycles. The first kappa shape index (κ1) is 19.6. The highest BCUT2D eigenvalue weighted by molar-refractivity contribution is 5.85. The van der Waals surface area contributed by atoms with E-state index < -0.39 is 0 Å².